The summed E-state index contributed by atoms with van der Waals surface area (Å²) in [5, 5.41) is 3.63. The standard InChI is InChI=1S/C28H42N4O2S/c1-26(2,3)20-14-15-29-22(16-20)21(30-23-10-9-11-24(35)31-23)13-12-19-17-28(7,8)32(18-19)25(33)34-27(4,5)6/h9-11,14-16,19,21H,12-13,17-18H2,1-8H3,(H2,30,31,35). The van der Waals surface area contributed by atoms with Gasteiger partial charge in [-0.25, -0.2) is 4.79 Å². The van der Waals surface area contributed by atoms with Crippen LogP contribution in [-0.4, -0.2) is 38.6 Å². The summed E-state index contributed by atoms with van der Waals surface area (Å²) in [5.41, 5.74) is 1.58. The Bertz CT molecular complexity index is 1080. The first-order chi connectivity index (χ1) is 16.1. The Kier molecular flexibility index (Phi) is 7.99. The van der Waals surface area contributed by atoms with Gasteiger partial charge >= 0.3 is 6.09 Å². The quantitative estimate of drug-likeness (QED) is 0.406. The second kappa shape index (κ2) is 10.3. The second-order valence-electron chi connectivity index (χ2n) is 12.4. The summed E-state index contributed by atoms with van der Waals surface area (Å²) in [5.74, 6) is 1.27. The molecule has 1 saturated heterocycles. The van der Waals surface area contributed by atoms with Crippen molar-refractivity contribution in [2.24, 2.45) is 5.92 Å². The van der Waals surface area contributed by atoms with Crippen LogP contribution in [0.3, 0.4) is 0 Å². The van der Waals surface area contributed by atoms with E-state index in [1.165, 1.54) is 5.56 Å². The maximum absolute atomic E-state index is 12.9. The van der Waals surface area contributed by atoms with E-state index in [2.05, 4.69) is 57.1 Å². The molecule has 2 N–H and O–H groups in total. The number of nitrogens with one attached hydrogen (secondary N) is 2. The highest BCUT2D eigenvalue weighted by Gasteiger charge is 2.42. The highest BCUT2D eigenvalue weighted by atomic mass is 32.1. The van der Waals surface area contributed by atoms with Gasteiger partial charge in [-0.05, 0) is 95.0 Å². The molecule has 2 aromatic rings. The number of nitrogens with zero attached hydrogens (tertiary/aromatic N) is 2. The molecule has 35 heavy (non-hydrogen) atoms. The number of pyridine rings is 2. The summed E-state index contributed by atoms with van der Waals surface area (Å²) in [4.78, 5) is 22.7. The normalized spacial score (nSPS) is 18.9. The molecule has 1 aliphatic heterocycles. The van der Waals surface area contributed by atoms with Crippen LogP contribution in [0, 0.1) is 10.6 Å². The minimum Gasteiger partial charge on any atom is -0.444 e. The summed E-state index contributed by atoms with van der Waals surface area (Å²) in [6.07, 6.45) is 4.48. The molecule has 0 aromatic carbocycles. The minimum absolute atomic E-state index is 0.0176. The van der Waals surface area contributed by atoms with Crippen molar-refractivity contribution < 1.29 is 9.53 Å². The van der Waals surface area contributed by atoms with E-state index in [1.807, 2.05) is 50.1 Å². The molecular formula is C28H42N4O2S. The van der Waals surface area contributed by atoms with Crippen molar-refractivity contribution in [1.29, 1.82) is 0 Å². The van der Waals surface area contributed by atoms with Gasteiger partial charge in [0, 0.05) is 18.3 Å². The average molecular weight is 499 g/mol. The van der Waals surface area contributed by atoms with Gasteiger partial charge in [-0.3, -0.25) is 4.98 Å². The predicted octanol–water partition coefficient (Wildman–Crippen LogP) is 7.41. The van der Waals surface area contributed by atoms with Crippen LogP contribution >= 0.6 is 12.2 Å². The molecule has 2 unspecified atom stereocenters. The third-order valence-corrected chi connectivity index (χ3v) is 6.78. The van der Waals surface area contributed by atoms with Gasteiger partial charge in [0.25, 0.3) is 0 Å². The molecule has 7 heteroatoms. The number of H-pyrrole nitrogens is 1. The van der Waals surface area contributed by atoms with Crippen LogP contribution in [0.2, 0.25) is 0 Å². The van der Waals surface area contributed by atoms with Crippen LogP contribution in [0.25, 0.3) is 0 Å². The fourth-order valence-electron chi connectivity index (χ4n) is 4.74. The third-order valence-electron chi connectivity index (χ3n) is 6.54. The van der Waals surface area contributed by atoms with Crippen molar-refractivity contribution >= 4 is 24.1 Å². The third kappa shape index (κ3) is 7.53. The lowest BCUT2D eigenvalue weighted by molar-refractivity contribution is 0.0131. The maximum atomic E-state index is 12.9. The Morgan fingerprint density at radius 1 is 1.26 bits per heavy atom. The Morgan fingerprint density at radius 2 is 1.97 bits per heavy atom. The topological polar surface area (TPSA) is 70.2 Å². The molecule has 0 spiro atoms. The second-order valence-corrected chi connectivity index (χ2v) is 12.8. The molecule has 1 aliphatic rings. The van der Waals surface area contributed by atoms with Gasteiger partial charge in [0.15, 0.2) is 0 Å². The van der Waals surface area contributed by atoms with Gasteiger partial charge in [0.2, 0.25) is 0 Å². The first kappa shape index (κ1) is 27.2. The van der Waals surface area contributed by atoms with Crippen LogP contribution in [0.4, 0.5) is 10.6 Å². The van der Waals surface area contributed by atoms with Gasteiger partial charge < -0.3 is 19.9 Å². The molecule has 1 fully saturated rings. The van der Waals surface area contributed by atoms with Crippen LogP contribution < -0.4 is 5.32 Å². The van der Waals surface area contributed by atoms with Crippen LogP contribution in [0.1, 0.15) is 92.0 Å². The van der Waals surface area contributed by atoms with Crippen molar-refractivity contribution in [1.82, 2.24) is 14.9 Å². The van der Waals surface area contributed by atoms with E-state index in [0.717, 1.165) is 30.8 Å². The largest absolute Gasteiger partial charge is 0.444 e. The van der Waals surface area contributed by atoms with Gasteiger partial charge in [0.05, 0.1) is 11.7 Å². The maximum Gasteiger partial charge on any atom is 0.410 e. The predicted molar refractivity (Wildman–Crippen MR) is 145 cm³/mol. The molecule has 6 nitrogen and oxygen atoms in total. The first-order valence-electron chi connectivity index (χ1n) is 12.6. The first-order valence-corrected chi connectivity index (χ1v) is 13.0. The molecule has 2 atom stereocenters. The molecule has 192 valence electrons. The molecule has 0 aliphatic carbocycles. The highest BCUT2D eigenvalue weighted by Crippen LogP contribution is 2.38. The zero-order valence-corrected chi connectivity index (χ0v) is 23.4. The van der Waals surface area contributed by atoms with Gasteiger partial charge in [-0.1, -0.05) is 39.1 Å². The number of aromatic nitrogens is 2. The van der Waals surface area contributed by atoms with Gasteiger partial charge in [-0.2, -0.15) is 0 Å². The summed E-state index contributed by atoms with van der Waals surface area (Å²) in [7, 11) is 0. The summed E-state index contributed by atoms with van der Waals surface area (Å²) in [6.45, 7) is 17.4. The fourth-order valence-corrected chi connectivity index (χ4v) is 4.93. The van der Waals surface area contributed by atoms with E-state index in [4.69, 9.17) is 21.9 Å². The van der Waals surface area contributed by atoms with E-state index in [0.29, 0.717) is 17.1 Å². The molecular weight excluding hydrogens is 456 g/mol. The lowest BCUT2D eigenvalue weighted by Crippen LogP contribution is -2.45. The Labute approximate surface area is 215 Å². The van der Waals surface area contributed by atoms with Crippen molar-refractivity contribution in [3.63, 3.8) is 0 Å². The molecule has 1 amide bonds. The molecule has 0 bridgehead atoms. The van der Waals surface area contributed by atoms with Crippen LogP contribution in [-0.2, 0) is 10.2 Å². The molecule has 0 saturated carbocycles. The van der Waals surface area contributed by atoms with Gasteiger partial charge in [0.1, 0.15) is 16.1 Å². The lowest BCUT2D eigenvalue weighted by atomic mass is 9.86. The van der Waals surface area contributed by atoms with E-state index < -0.39 is 5.60 Å². The molecule has 2 aromatic heterocycles. The van der Waals surface area contributed by atoms with Crippen molar-refractivity contribution in [3.05, 3.63) is 52.4 Å². The zero-order chi connectivity index (χ0) is 26.0. The number of anilines is 1. The van der Waals surface area contributed by atoms with E-state index in [9.17, 15) is 4.79 Å². The van der Waals surface area contributed by atoms with E-state index >= 15 is 0 Å². The summed E-state index contributed by atoms with van der Waals surface area (Å²) < 4.78 is 6.38. The number of ether oxygens (including phenoxy) is 1. The highest BCUT2D eigenvalue weighted by molar-refractivity contribution is 7.71. The molecule has 3 rings (SSSR count). The fraction of sp³-hybridized carbons (Fsp3) is 0.607. The number of hydrogen-bond donors (Lipinski definition) is 2. The van der Waals surface area contributed by atoms with Crippen LogP contribution in [0.5, 0.6) is 0 Å². The number of carbonyl (C=O) groups excluding carboxylic acids is 1. The van der Waals surface area contributed by atoms with E-state index in [-0.39, 0.29) is 23.1 Å². The number of likely N-dealkylation sites (tertiary alicyclic amines) is 1. The van der Waals surface area contributed by atoms with Crippen LogP contribution in [0.15, 0.2) is 36.5 Å². The number of rotatable bonds is 6. The van der Waals surface area contributed by atoms with Crippen molar-refractivity contribution in [2.75, 3.05) is 11.9 Å². The van der Waals surface area contributed by atoms with Crippen molar-refractivity contribution in [3.8, 4) is 0 Å². The zero-order valence-electron chi connectivity index (χ0n) is 22.6. The molecule has 0 radical (unpaired) electrons. The number of carbonyl (C=O) groups is 1. The lowest BCUT2D eigenvalue weighted by Gasteiger charge is -2.33. The Morgan fingerprint density at radius 3 is 2.60 bits per heavy atom. The number of hydrogen-bond acceptors (Lipinski definition) is 5. The summed E-state index contributed by atoms with van der Waals surface area (Å²) in [6, 6.07) is 10.1. The minimum atomic E-state index is -0.500. The summed E-state index contributed by atoms with van der Waals surface area (Å²) >= 11 is 5.33. The van der Waals surface area contributed by atoms with Crippen molar-refractivity contribution in [2.45, 2.75) is 97.2 Å². The number of amides is 1. The molecule has 3 heterocycles. The van der Waals surface area contributed by atoms with E-state index in [1.54, 1.807) is 0 Å². The Hall–Kier alpha value is -2.41. The SMILES string of the molecule is CC(C)(C)OC(=O)N1CC(CCC(Nc2cccc(=S)[nH]2)c2cc(C(C)(C)C)ccn2)CC1(C)C. The smallest absolute Gasteiger partial charge is 0.410 e. The Balaban J connectivity index is 1.78. The monoisotopic (exact) mass is 498 g/mol. The number of aromatic amines is 1. The van der Waals surface area contributed by atoms with Gasteiger partial charge in [-0.15, -0.1) is 0 Å². The average Bonchev–Trinajstić information content (AvgIpc) is 3.04.